The van der Waals surface area contributed by atoms with Gasteiger partial charge in [-0.2, -0.15) is 0 Å². The van der Waals surface area contributed by atoms with Crippen molar-refractivity contribution in [1.82, 2.24) is 20.2 Å². The van der Waals surface area contributed by atoms with Gasteiger partial charge in [-0.1, -0.05) is 53.5 Å². The molecular formula is C25H21Cl2FN4O2. The molecule has 1 N–H and O–H groups in total. The van der Waals surface area contributed by atoms with Crippen LogP contribution in [0.4, 0.5) is 4.39 Å². The number of halogens is 3. The third-order valence-corrected chi connectivity index (χ3v) is 5.92. The minimum Gasteiger partial charge on any atom is -0.447 e. The van der Waals surface area contributed by atoms with E-state index in [0.29, 0.717) is 42.1 Å². The van der Waals surface area contributed by atoms with Gasteiger partial charge in [-0.3, -0.25) is 14.7 Å². The van der Waals surface area contributed by atoms with Crippen LogP contribution in [0.15, 0.2) is 77.7 Å². The lowest BCUT2D eigenvalue weighted by Gasteiger charge is -2.22. The van der Waals surface area contributed by atoms with Crippen LogP contribution in [-0.2, 0) is 26.2 Å². The molecule has 34 heavy (non-hydrogen) atoms. The smallest absolute Gasteiger partial charge is 0.273 e. The topological polar surface area (TPSA) is 71.3 Å². The van der Waals surface area contributed by atoms with Gasteiger partial charge < -0.3 is 9.73 Å². The lowest BCUT2D eigenvalue weighted by molar-refractivity contribution is 0.0945. The number of benzene rings is 2. The van der Waals surface area contributed by atoms with Crippen LogP contribution in [0.3, 0.4) is 0 Å². The van der Waals surface area contributed by atoms with Crippen LogP contribution in [-0.4, -0.2) is 20.8 Å². The van der Waals surface area contributed by atoms with Crippen molar-refractivity contribution >= 4 is 29.1 Å². The van der Waals surface area contributed by atoms with Gasteiger partial charge in [-0.25, -0.2) is 9.37 Å². The van der Waals surface area contributed by atoms with Crippen molar-refractivity contribution < 1.29 is 13.6 Å². The molecule has 2 aromatic carbocycles. The Hall–Kier alpha value is -3.26. The van der Waals surface area contributed by atoms with Crippen LogP contribution in [0.5, 0.6) is 0 Å². The summed E-state index contributed by atoms with van der Waals surface area (Å²) in [4.78, 5) is 22.9. The van der Waals surface area contributed by atoms with Crippen molar-refractivity contribution in [2.24, 2.45) is 0 Å². The number of rotatable bonds is 9. The van der Waals surface area contributed by atoms with E-state index in [-0.39, 0.29) is 17.4 Å². The van der Waals surface area contributed by atoms with Gasteiger partial charge in [0.15, 0.2) is 5.69 Å². The number of nitrogens with one attached hydrogen (secondary N) is 1. The van der Waals surface area contributed by atoms with Crippen LogP contribution < -0.4 is 5.32 Å². The average Bonchev–Trinajstić information content (AvgIpc) is 3.31. The van der Waals surface area contributed by atoms with E-state index >= 15 is 0 Å². The number of nitrogens with zero attached hydrogens (tertiary/aromatic N) is 3. The molecule has 0 bridgehead atoms. The summed E-state index contributed by atoms with van der Waals surface area (Å²) in [6.45, 7) is 1.56. The normalized spacial score (nSPS) is 11.1. The Morgan fingerprint density at radius 1 is 1.00 bits per heavy atom. The van der Waals surface area contributed by atoms with E-state index in [1.165, 1.54) is 18.4 Å². The zero-order valence-electron chi connectivity index (χ0n) is 18.0. The molecule has 174 valence electrons. The summed E-state index contributed by atoms with van der Waals surface area (Å²) in [6.07, 6.45) is 4.68. The van der Waals surface area contributed by atoms with E-state index < -0.39 is 0 Å². The molecule has 0 fully saturated rings. The SMILES string of the molecule is O=C(NCc1cccnc1)c1coc(CN(Cc2ccc(F)cc2)Cc2cccc(Cl)c2Cl)n1. The summed E-state index contributed by atoms with van der Waals surface area (Å²) in [7, 11) is 0. The molecule has 0 saturated heterocycles. The molecule has 0 radical (unpaired) electrons. The minimum absolute atomic E-state index is 0.182. The Morgan fingerprint density at radius 3 is 2.59 bits per heavy atom. The molecule has 1 amide bonds. The van der Waals surface area contributed by atoms with E-state index in [2.05, 4.69) is 15.3 Å². The minimum atomic E-state index is -0.346. The van der Waals surface area contributed by atoms with Gasteiger partial charge in [0, 0.05) is 32.0 Å². The van der Waals surface area contributed by atoms with E-state index in [1.807, 2.05) is 23.1 Å². The van der Waals surface area contributed by atoms with Gasteiger partial charge in [-0.15, -0.1) is 0 Å². The molecule has 0 aliphatic rings. The molecule has 0 atom stereocenters. The largest absolute Gasteiger partial charge is 0.447 e. The summed E-state index contributed by atoms with van der Waals surface area (Å²) in [6, 6.07) is 15.4. The van der Waals surface area contributed by atoms with Crippen molar-refractivity contribution in [2.45, 2.75) is 26.2 Å². The third kappa shape index (κ3) is 6.41. The number of hydrogen-bond acceptors (Lipinski definition) is 5. The molecule has 2 heterocycles. The Labute approximate surface area is 206 Å². The number of hydrogen-bond donors (Lipinski definition) is 1. The molecule has 0 unspecified atom stereocenters. The highest BCUT2D eigenvalue weighted by Crippen LogP contribution is 2.27. The fraction of sp³-hybridized carbons (Fsp3) is 0.160. The highest BCUT2D eigenvalue weighted by Gasteiger charge is 2.17. The molecule has 0 saturated carbocycles. The Kier molecular flexibility index (Phi) is 7.90. The fourth-order valence-electron chi connectivity index (χ4n) is 3.38. The lowest BCUT2D eigenvalue weighted by atomic mass is 10.1. The molecule has 4 rings (SSSR count). The van der Waals surface area contributed by atoms with Gasteiger partial charge in [0.1, 0.15) is 12.1 Å². The number of carbonyl (C=O) groups excluding carboxylic acids is 1. The second-order valence-electron chi connectivity index (χ2n) is 7.66. The first-order valence-corrected chi connectivity index (χ1v) is 11.2. The maximum absolute atomic E-state index is 13.4. The average molecular weight is 499 g/mol. The third-order valence-electron chi connectivity index (χ3n) is 5.06. The number of aromatic nitrogens is 2. The summed E-state index contributed by atoms with van der Waals surface area (Å²) in [5.41, 5.74) is 2.79. The van der Waals surface area contributed by atoms with Crippen molar-refractivity contribution in [2.75, 3.05) is 0 Å². The first-order chi connectivity index (χ1) is 16.5. The quantitative estimate of drug-likeness (QED) is 0.323. The standard InChI is InChI=1S/C25H21Cl2FN4O2/c26-21-5-1-4-19(24(21)27)14-32(13-17-6-8-20(28)9-7-17)15-23-31-22(16-34-23)25(33)30-12-18-3-2-10-29-11-18/h1-11,16H,12-15H2,(H,30,33). The second-order valence-corrected chi connectivity index (χ2v) is 8.44. The first kappa shape index (κ1) is 23.9. The molecule has 0 aliphatic carbocycles. The van der Waals surface area contributed by atoms with Crippen molar-refractivity contribution in [1.29, 1.82) is 0 Å². The molecule has 2 aromatic heterocycles. The Balaban J connectivity index is 1.47. The highest BCUT2D eigenvalue weighted by molar-refractivity contribution is 6.42. The maximum Gasteiger partial charge on any atom is 0.273 e. The summed E-state index contributed by atoms with van der Waals surface area (Å²) in [5.74, 6) is -0.281. The molecule has 6 nitrogen and oxygen atoms in total. The summed E-state index contributed by atoms with van der Waals surface area (Å²) >= 11 is 12.6. The molecule has 4 aromatic rings. The van der Waals surface area contributed by atoms with Gasteiger partial charge >= 0.3 is 0 Å². The number of pyridine rings is 1. The number of amides is 1. The predicted molar refractivity (Wildman–Crippen MR) is 128 cm³/mol. The maximum atomic E-state index is 13.4. The van der Waals surface area contributed by atoms with Gasteiger partial charge in [0.25, 0.3) is 5.91 Å². The van der Waals surface area contributed by atoms with Gasteiger partial charge in [0.2, 0.25) is 5.89 Å². The zero-order chi connectivity index (χ0) is 23.9. The Bertz CT molecular complexity index is 1250. The van der Waals surface area contributed by atoms with E-state index in [9.17, 15) is 9.18 Å². The fourth-order valence-corrected chi connectivity index (χ4v) is 3.76. The number of carbonyl (C=O) groups is 1. The van der Waals surface area contributed by atoms with Crippen molar-refractivity contribution in [3.05, 3.63) is 117 Å². The van der Waals surface area contributed by atoms with Crippen LogP contribution in [0.25, 0.3) is 0 Å². The lowest BCUT2D eigenvalue weighted by Crippen LogP contribution is -2.24. The Morgan fingerprint density at radius 2 is 1.82 bits per heavy atom. The van der Waals surface area contributed by atoms with E-state index in [1.54, 1.807) is 36.7 Å². The molecule has 0 spiro atoms. The van der Waals surface area contributed by atoms with Crippen molar-refractivity contribution in [3.63, 3.8) is 0 Å². The molecule has 9 heteroatoms. The second kappa shape index (κ2) is 11.2. The van der Waals surface area contributed by atoms with Crippen LogP contribution in [0.1, 0.15) is 33.1 Å². The van der Waals surface area contributed by atoms with E-state index in [0.717, 1.165) is 16.7 Å². The number of oxazole rings is 1. The molecular weight excluding hydrogens is 478 g/mol. The predicted octanol–water partition coefficient (Wildman–Crippen LogP) is 5.65. The molecule has 0 aliphatic heterocycles. The van der Waals surface area contributed by atoms with Crippen LogP contribution in [0.2, 0.25) is 10.0 Å². The van der Waals surface area contributed by atoms with Crippen LogP contribution in [0, 0.1) is 5.82 Å². The van der Waals surface area contributed by atoms with E-state index in [4.69, 9.17) is 27.6 Å². The van der Waals surface area contributed by atoms with Gasteiger partial charge in [0.05, 0.1) is 16.6 Å². The monoisotopic (exact) mass is 498 g/mol. The summed E-state index contributed by atoms with van der Waals surface area (Å²) in [5, 5.41) is 3.73. The van der Waals surface area contributed by atoms with Crippen molar-refractivity contribution in [3.8, 4) is 0 Å². The van der Waals surface area contributed by atoms with Crippen LogP contribution >= 0.6 is 23.2 Å². The zero-order valence-corrected chi connectivity index (χ0v) is 19.6. The van der Waals surface area contributed by atoms with Gasteiger partial charge in [-0.05, 0) is 41.0 Å². The summed E-state index contributed by atoms with van der Waals surface area (Å²) < 4.78 is 18.9. The first-order valence-electron chi connectivity index (χ1n) is 10.5. The highest BCUT2D eigenvalue weighted by atomic mass is 35.5.